The van der Waals surface area contributed by atoms with Crippen LogP contribution in [-0.2, 0) is 40.9 Å². The van der Waals surface area contributed by atoms with Gasteiger partial charge in [0.2, 0.25) is 10.0 Å². The van der Waals surface area contributed by atoms with Gasteiger partial charge in [-0.2, -0.15) is 18.3 Å². The fourth-order valence-electron chi connectivity index (χ4n) is 6.41. The van der Waals surface area contributed by atoms with Crippen molar-refractivity contribution >= 4 is 55.3 Å². The molecular weight excluding hydrogens is 811 g/mol. The molecule has 0 saturated carbocycles. The van der Waals surface area contributed by atoms with E-state index >= 15 is 0 Å². The maximum atomic E-state index is 14.7. The van der Waals surface area contributed by atoms with Gasteiger partial charge in [0.25, 0.3) is 5.56 Å². The van der Waals surface area contributed by atoms with E-state index in [1.165, 1.54) is 31.0 Å². The van der Waals surface area contributed by atoms with Crippen molar-refractivity contribution in [3.63, 3.8) is 0 Å². The van der Waals surface area contributed by atoms with E-state index in [9.17, 15) is 40.0 Å². The first-order chi connectivity index (χ1) is 27.0. The molecule has 58 heavy (non-hydrogen) atoms. The van der Waals surface area contributed by atoms with Gasteiger partial charge in [-0.05, 0) is 86.5 Å². The van der Waals surface area contributed by atoms with Crippen molar-refractivity contribution in [2.45, 2.75) is 51.6 Å². The second-order valence-electron chi connectivity index (χ2n) is 14.4. The largest absolute Gasteiger partial charge is 0.497 e. The number of carbonyl (C=O) groups is 1. The number of alkyl carbamates (subject to hydrolysis) is 1. The van der Waals surface area contributed by atoms with Crippen LogP contribution in [0.1, 0.15) is 49.3 Å². The van der Waals surface area contributed by atoms with Crippen LogP contribution in [0.15, 0.2) is 77.6 Å². The minimum Gasteiger partial charge on any atom is -0.497 e. The summed E-state index contributed by atoms with van der Waals surface area (Å²) in [6, 6.07) is 12.8. The van der Waals surface area contributed by atoms with E-state index < -0.39 is 68.6 Å². The van der Waals surface area contributed by atoms with Crippen molar-refractivity contribution < 1.29 is 44.6 Å². The van der Waals surface area contributed by atoms with Crippen LogP contribution in [0.5, 0.6) is 5.75 Å². The number of alkyl halides is 3. The van der Waals surface area contributed by atoms with E-state index in [4.69, 9.17) is 21.1 Å². The predicted octanol–water partition coefficient (Wildman–Crippen LogP) is 8.01. The number of hydrogen-bond acceptors (Lipinski definition) is 8. The lowest BCUT2D eigenvalue weighted by molar-refractivity contribution is -0.137. The first-order valence-corrected chi connectivity index (χ1v) is 19.6. The minimum atomic E-state index is -4.83. The molecule has 6 aromatic rings. The number of rotatable bonds is 10. The van der Waals surface area contributed by atoms with Gasteiger partial charge in [-0.1, -0.05) is 23.7 Å². The van der Waals surface area contributed by atoms with Gasteiger partial charge >= 0.3 is 12.3 Å². The Morgan fingerprint density at radius 2 is 1.62 bits per heavy atom. The Balaban J connectivity index is 1.66. The van der Waals surface area contributed by atoms with E-state index in [0.29, 0.717) is 29.5 Å². The lowest BCUT2D eigenvalue weighted by Gasteiger charge is -2.26. The zero-order chi connectivity index (χ0) is 42.5. The average molecular weight is 847 g/mol. The molecule has 12 nitrogen and oxygen atoms in total. The normalized spacial score (nSPS) is 12.8. The molecule has 4 aromatic carbocycles. The molecule has 0 aliphatic heterocycles. The lowest BCUT2D eigenvalue weighted by Crippen LogP contribution is -2.39. The Morgan fingerprint density at radius 1 is 0.966 bits per heavy atom. The number of nitrogens with zero attached hydrogens (tertiary/aromatic N) is 5. The van der Waals surface area contributed by atoms with Gasteiger partial charge < -0.3 is 14.8 Å². The quantitative estimate of drug-likeness (QED) is 0.137. The van der Waals surface area contributed by atoms with Crippen LogP contribution in [-0.4, -0.2) is 52.8 Å². The molecule has 6 rings (SSSR count). The van der Waals surface area contributed by atoms with Gasteiger partial charge in [0, 0.05) is 19.5 Å². The van der Waals surface area contributed by atoms with Crippen molar-refractivity contribution in [2.75, 3.05) is 17.7 Å². The topological polar surface area (TPSA) is 138 Å². The number of nitrogens with one attached hydrogen (secondary N) is 1. The van der Waals surface area contributed by atoms with Gasteiger partial charge in [-0.25, -0.2) is 31.3 Å². The van der Waals surface area contributed by atoms with Gasteiger partial charge in [-0.15, -0.1) is 0 Å². The van der Waals surface area contributed by atoms with Crippen molar-refractivity contribution in [2.24, 2.45) is 7.05 Å². The number of methoxy groups -OCH3 is 1. The summed E-state index contributed by atoms with van der Waals surface area (Å²) in [5, 5.41) is 6.93. The number of ether oxygens (including phenoxy) is 2. The molecule has 0 aliphatic rings. The first kappa shape index (κ1) is 41.9. The zero-order valence-electron chi connectivity index (χ0n) is 31.8. The van der Waals surface area contributed by atoms with Gasteiger partial charge in [0.05, 0.1) is 64.0 Å². The molecule has 0 radical (unpaired) electrons. The Morgan fingerprint density at radius 3 is 2.21 bits per heavy atom. The third-order valence-corrected chi connectivity index (χ3v) is 10.3. The van der Waals surface area contributed by atoms with E-state index in [1.54, 1.807) is 45.0 Å². The number of amides is 1. The molecule has 2 heterocycles. The van der Waals surface area contributed by atoms with Crippen molar-refractivity contribution in [1.29, 1.82) is 0 Å². The molecular formula is C39H36ClF5N6O6S. The number of aromatic nitrogens is 4. The van der Waals surface area contributed by atoms with Crippen molar-refractivity contribution in [1.82, 2.24) is 24.6 Å². The summed E-state index contributed by atoms with van der Waals surface area (Å²) in [6.07, 6.45) is -5.35. The first-order valence-electron chi connectivity index (χ1n) is 17.4. The molecule has 0 saturated heterocycles. The summed E-state index contributed by atoms with van der Waals surface area (Å²) in [5.41, 5.74) is -2.92. The summed E-state index contributed by atoms with van der Waals surface area (Å²) in [6.45, 7) is 4.52. The molecule has 0 bridgehead atoms. The highest BCUT2D eigenvalue weighted by atomic mass is 35.5. The maximum absolute atomic E-state index is 14.7. The van der Waals surface area contributed by atoms with Crippen molar-refractivity contribution in [3.05, 3.63) is 122 Å². The number of anilines is 1. The number of aryl methyl sites for hydroxylation is 1. The molecule has 1 atom stereocenters. The monoisotopic (exact) mass is 846 g/mol. The van der Waals surface area contributed by atoms with Crippen LogP contribution < -0.4 is 19.9 Å². The summed E-state index contributed by atoms with van der Waals surface area (Å²) in [4.78, 5) is 32.6. The second-order valence-corrected chi connectivity index (χ2v) is 16.7. The Bertz CT molecular complexity index is 2710. The van der Waals surface area contributed by atoms with Gasteiger partial charge in [-0.3, -0.25) is 14.0 Å². The second kappa shape index (κ2) is 15.5. The Kier molecular flexibility index (Phi) is 11.2. The Labute approximate surface area is 333 Å². The number of carbonyl (C=O) groups excluding carboxylic acids is 1. The van der Waals surface area contributed by atoms with Gasteiger partial charge in [0.15, 0.2) is 5.82 Å². The van der Waals surface area contributed by atoms with E-state index in [0.717, 1.165) is 33.3 Å². The van der Waals surface area contributed by atoms with Crippen LogP contribution in [0.2, 0.25) is 5.02 Å². The number of benzene rings is 4. The average Bonchev–Trinajstić information content (AvgIpc) is 3.45. The fourth-order valence-corrected chi connectivity index (χ4v) is 7.47. The van der Waals surface area contributed by atoms with Crippen LogP contribution in [0.4, 0.5) is 32.6 Å². The third-order valence-electron chi connectivity index (χ3n) is 8.85. The fraction of sp³-hybridized carbons (Fsp3) is 0.282. The third kappa shape index (κ3) is 8.87. The summed E-state index contributed by atoms with van der Waals surface area (Å²) < 4.78 is 112. The predicted molar refractivity (Wildman–Crippen MR) is 208 cm³/mol. The minimum absolute atomic E-state index is 0.0158. The molecule has 0 aliphatic carbocycles. The van der Waals surface area contributed by atoms with Crippen LogP contribution in [0.3, 0.4) is 0 Å². The molecule has 1 N–H and O–H groups in total. The molecule has 0 spiro atoms. The zero-order valence-corrected chi connectivity index (χ0v) is 33.4. The number of hydrogen-bond donors (Lipinski definition) is 1. The summed E-state index contributed by atoms with van der Waals surface area (Å²) >= 11 is 6.79. The van der Waals surface area contributed by atoms with E-state index in [1.807, 2.05) is 0 Å². The molecule has 2 aromatic heterocycles. The lowest BCUT2D eigenvalue weighted by atomic mass is 10.0. The maximum Gasteiger partial charge on any atom is 0.416 e. The molecule has 1 amide bonds. The number of fused-ring (bicyclic) bond motifs is 2. The molecule has 0 unspecified atom stereocenters. The molecule has 0 fully saturated rings. The van der Waals surface area contributed by atoms with Gasteiger partial charge in [0.1, 0.15) is 28.8 Å². The summed E-state index contributed by atoms with van der Waals surface area (Å²) in [7, 11) is -1.14. The van der Waals surface area contributed by atoms with Crippen molar-refractivity contribution in [3.8, 4) is 11.4 Å². The SMILES string of the molecule is COc1ccc(CN(c2nn(C)c3c(-n4c([C@H](Cc5cc(F)cc(F)c5)NC(=O)OC(C)(C)C)nc5cc(C(F)(F)F)ccc5c4=O)ccc(Cl)c23)S(C)(=O)=O)cc1. The Hall–Kier alpha value is -5.75. The highest BCUT2D eigenvalue weighted by molar-refractivity contribution is 7.92. The van der Waals surface area contributed by atoms with Crippen LogP contribution >= 0.6 is 11.6 Å². The van der Waals surface area contributed by atoms with Crippen LogP contribution in [0.25, 0.3) is 27.5 Å². The summed E-state index contributed by atoms with van der Waals surface area (Å²) in [5.74, 6) is -1.89. The van der Waals surface area contributed by atoms with E-state index in [2.05, 4.69) is 15.4 Å². The molecule has 19 heteroatoms. The highest BCUT2D eigenvalue weighted by Gasteiger charge is 2.33. The number of sulfonamides is 1. The smallest absolute Gasteiger partial charge is 0.416 e. The highest BCUT2D eigenvalue weighted by Crippen LogP contribution is 2.39. The standard InChI is InChI=1S/C39H36ClF5N6O6S/c1-38(2,3)57-37(53)47-30(17-22-15-24(41)19-25(42)16-22)34-46-29-18-23(39(43,44)45)9-12-27(29)36(52)51(34)31-14-13-28(40)32-33(31)49(4)48-35(32)50(58(6,54)55)20-21-7-10-26(56-5)11-8-21/h7-16,18-19,30H,17,20H2,1-6H3,(H,47,53)/t30-/m0/s1. The van der Waals surface area contributed by atoms with E-state index in [-0.39, 0.29) is 50.7 Å². The van der Waals surface area contributed by atoms with Crippen LogP contribution in [0, 0.1) is 11.6 Å². The number of halogens is 6. The molecule has 306 valence electrons.